The zero-order valence-electron chi connectivity index (χ0n) is 21.3. The molecule has 1 aliphatic heterocycles. The van der Waals surface area contributed by atoms with Gasteiger partial charge in [0.15, 0.2) is 0 Å². The zero-order valence-corrected chi connectivity index (χ0v) is 22.2. The highest BCUT2D eigenvalue weighted by Crippen LogP contribution is 2.38. The molecule has 0 unspecified atom stereocenters. The fourth-order valence-corrected chi connectivity index (χ4v) is 6.40. The van der Waals surface area contributed by atoms with E-state index in [0.29, 0.717) is 49.2 Å². The average Bonchev–Trinajstić information content (AvgIpc) is 3.06. The smallest absolute Gasteiger partial charge is 0.254 e. The molecule has 0 aromatic heterocycles. The number of hydrogen-bond donors (Lipinski definition) is 2. The number of aliphatic imine (C=N–C) groups is 1. The van der Waals surface area contributed by atoms with Crippen LogP contribution in [0.4, 0.5) is 4.39 Å². The van der Waals surface area contributed by atoms with Crippen molar-refractivity contribution in [1.29, 1.82) is 0 Å². The molecule has 0 bridgehead atoms. The molecule has 0 spiro atoms. The van der Waals surface area contributed by atoms with Crippen molar-refractivity contribution in [3.8, 4) is 0 Å². The molecule has 2 aromatic rings. The third kappa shape index (κ3) is 6.36. The number of carbonyl (C=O) groups excluding carboxylic acids is 1. The summed E-state index contributed by atoms with van der Waals surface area (Å²) in [7, 11) is -3.03. The highest BCUT2D eigenvalue weighted by molar-refractivity contribution is 7.91. The van der Waals surface area contributed by atoms with Crippen LogP contribution >= 0.6 is 0 Å². The number of carbonyl (C=O) groups is 1. The molecule has 37 heavy (non-hydrogen) atoms. The van der Waals surface area contributed by atoms with Crippen molar-refractivity contribution in [1.82, 2.24) is 5.32 Å². The Hall–Kier alpha value is -3.26. The molecule has 1 fully saturated rings. The quantitative estimate of drug-likeness (QED) is 0.523. The zero-order chi connectivity index (χ0) is 26.6. The topological polar surface area (TPSA) is 102 Å². The van der Waals surface area contributed by atoms with Gasteiger partial charge in [0.05, 0.1) is 10.8 Å². The van der Waals surface area contributed by atoms with E-state index < -0.39 is 21.6 Å². The SMILES string of the molecule is CCC1=C(c2ccc(C(=O)NCc3ccccc3)c(F)c2)C(N)=NC=C(C2CCC(S(C)(=O)=O)CC2)C1. The number of amides is 1. The van der Waals surface area contributed by atoms with Crippen molar-refractivity contribution in [2.45, 2.75) is 57.2 Å². The number of benzene rings is 2. The maximum absolute atomic E-state index is 15.1. The molecule has 196 valence electrons. The Kier molecular flexibility index (Phi) is 8.27. The number of allylic oxidation sites excluding steroid dienone is 2. The van der Waals surface area contributed by atoms with E-state index in [0.717, 1.165) is 29.6 Å². The average molecular weight is 524 g/mol. The maximum Gasteiger partial charge on any atom is 0.254 e. The standard InChI is InChI=1S/C29H34FN3O3S/c1-3-20-15-23(21-9-12-24(13-10-21)37(2,35)36)18-32-28(31)27(20)22-11-14-25(26(30)16-22)29(34)33-17-19-7-5-4-6-8-19/h4-8,11,14,16,18,21,24H,3,9-10,12-13,15,17H2,1-2H3,(H2,31,32)(H,33,34). The summed E-state index contributed by atoms with van der Waals surface area (Å²) < 4.78 is 39.0. The van der Waals surface area contributed by atoms with E-state index in [1.807, 2.05) is 43.5 Å². The van der Waals surface area contributed by atoms with Crippen LogP contribution in [-0.2, 0) is 16.4 Å². The first-order chi connectivity index (χ1) is 17.7. The minimum absolute atomic E-state index is 0.0242. The van der Waals surface area contributed by atoms with E-state index in [9.17, 15) is 13.2 Å². The molecule has 2 aliphatic rings. The molecule has 1 aliphatic carbocycles. The number of sulfone groups is 1. The van der Waals surface area contributed by atoms with E-state index >= 15 is 4.39 Å². The van der Waals surface area contributed by atoms with E-state index in [1.54, 1.807) is 6.07 Å². The molecule has 1 amide bonds. The molecule has 1 heterocycles. The minimum atomic E-state index is -3.03. The lowest BCUT2D eigenvalue weighted by Gasteiger charge is -2.29. The van der Waals surface area contributed by atoms with Crippen molar-refractivity contribution < 1.29 is 17.6 Å². The molecule has 0 atom stereocenters. The normalized spacial score (nSPS) is 20.6. The lowest BCUT2D eigenvalue weighted by Crippen LogP contribution is -2.27. The van der Waals surface area contributed by atoms with Crippen molar-refractivity contribution >= 4 is 27.2 Å². The molecule has 6 nitrogen and oxygen atoms in total. The highest BCUT2D eigenvalue weighted by Gasteiger charge is 2.30. The Morgan fingerprint density at radius 3 is 2.43 bits per heavy atom. The summed E-state index contributed by atoms with van der Waals surface area (Å²) in [4.78, 5) is 17.1. The van der Waals surface area contributed by atoms with Gasteiger partial charge in [-0.05, 0) is 73.3 Å². The largest absolute Gasteiger partial charge is 0.383 e. The van der Waals surface area contributed by atoms with Crippen LogP contribution in [-0.4, -0.2) is 31.7 Å². The molecule has 0 radical (unpaired) electrons. The summed E-state index contributed by atoms with van der Waals surface area (Å²) in [5.74, 6) is -0.524. The molecule has 3 N–H and O–H groups in total. The van der Waals surface area contributed by atoms with Gasteiger partial charge in [-0.15, -0.1) is 0 Å². The van der Waals surface area contributed by atoms with Gasteiger partial charge in [0.25, 0.3) is 5.91 Å². The summed E-state index contributed by atoms with van der Waals surface area (Å²) >= 11 is 0. The number of nitrogens with two attached hydrogens (primary N) is 1. The fourth-order valence-electron chi connectivity index (χ4n) is 5.27. The Morgan fingerprint density at radius 1 is 1.11 bits per heavy atom. The van der Waals surface area contributed by atoms with Crippen LogP contribution in [0.25, 0.3) is 5.57 Å². The summed E-state index contributed by atoms with van der Waals surface area (Å²) in [5, 5.41) is 2.49. The minimum Gasteiger partial charge on any atom is -0.383 e. The van der Waals surface area contributed by atoms with Crippen LogP contribution < -0.4 is 11.1 Å². The van der Waals surface area contributed by atoms with Crippen LogP contribution in [0.1, 0.15) is 66.9 Å². The van der Waals surface area contributed by atoms with Gasteiger partial charge in [-0.25, -0.2) is 17.8 Å². The summed E-state index contributed by atoms with van der Waals surface area (Å²) in [6, 6.07) is 14.0. The molecule has 1 saturated carbocycles. The predicted molar refractivity (Wildman–Crippen MR) is 146 cm³/mol. The maximum atomic E-state index is 15.1. The van der Waals surface area contributed by atoms with Crippen molar-refractivity contribution in [3.63, 3.8) is 0 Å². The first-order valence-electron chi connectivity index (χ1n) is 12.7. The Morgan fingerprint density at radius 2 is 1.81 bits per heavy atom. The van der Waals surface area contributed by atoms with Gasteiger partial charge in [0.1, 0.15) is 21.5 Å². The number of hydrogen-bond acceptors (Lipinski definition) is 5. The summed E-state index contributed by atoms with van der Waals surface area (Å²) in [5.41, 5.74) is 10.8. The second-order valence-electron chi connectivity index (χ2n) is 9.89. The lowest BCUT2D eigenvalue weighted by molar-refractivity contribution is 0.0947. The predicted octanol–water partition coefficient (Wildman–Crippen LogP) is 5.17. The summed E-state index contributed by atoms with van der Waals surface area (Å²) in [6.07, 6.45) is 7.39. The first-order valence-corrected chi connectivity index (χ1v) is 14.7. The van der Waals surface area contributed by atoms with Crippen LogP contribution in [0.2, 0.25) is 0 Å². The molecule has 0 saturated heterocycles. The Balaban J connectivity index is 1.52. The second-order valence-corrected chi connectivity index (χ2v) is 12.2. The van der Waals surface area contributed by atoms with E-state index in [-0.39, 0.29) is 16.7 Å². The first kappa shape index (κ1) is 26.8. The molecule has 2 aromatic carbocycles. The molecular weight excluding hydrogens is 489 g/mol. The number of rotatable bonds is 7. The number of nitrogens with one attached hydrogen (secondary N) is 1. The third-order valence-electron chi connectivity index (χ3n) is 7.43. The highest BCUT2D eigenvalue weighted by atomic mass is 32.2. The van der Waals surface area contributed by atoms with E-state index in [2.05, 4.69) is 10.3 Å². The van der Waals surface area contributed by atoms with E-state index in [4.69, 9.17) is 5.73 Å². The van der Waals surface area contributed by atoms with Crippen LogP contribution in [0.3, 0.4) is 0 Å². The second kappa shape index (κ2) is 11.4. The monoisotopic (exact) mass is 523 g/mol. The Labute approximate surface area is 218 Å². The summed E-state index contributed by atoms with van der Waals surface area (Å²) in [6.45, 7) is 2.35. The van der Waals surface area contributed by atoms with Crippen LogP contribution in [0.15, 0.2) is 70.9 Å². The van der Waals surface area contributed by atoms with Gasteiger partial charge in [-0.1, -0.05) is 48.9 Å². The third-order valence-corrected chi connectivity index (χ3v) is 9.11. The van der Waals surface area contributed by atoms with Gasteiger partial charge >= 0.3 is 0 Å². The number of nitrogens with zero attached hydrogens (tertiary/aromatic N) is 1. The molecule has 8 heteroatoms. The van der Waals surface area contributed by atoms with Crippen molar-refractivity contribution in [2.75, 3.05) is 6.26 Å². The van der Waals surface area contributed by atoms with Crippen LogP contribution in [0.5, 0.6) is 0 Å². The van der Waals surface area contributed by atoms with Gasteiger partial charge in [-0.2, -0.15) is 0 Å². The van der Waals surface area contributed by atoms with Gasteiger partial charge < -0.3 is 11.1 Å². The van der Waals surface area contributed by atoms with E-state index in [1.165, 1.54) is 18.4 Å². The van der Waals surface area contributed by atoms with Crippen molar-refractivity contribution in [3.05, 3.63) is 88.4 Å². The molecule has 4 rings (SSSR count). The lowest BCUT2D eigenvalue weighted by atomic mass is 9.80. The van der Waals surface area contributed by atoms with Gasteiger partial charge in [0, 0.05) is 24.6 Å². The molecular formula is C29H34FN3O3S. The van der Waals surface area contributed by atoms with Crippen molar-refractivity contribution in [2.24, 2.45) is 16.6 Å². The van der Waals surface area contributed by atoms with Gasteiger partial charge in [0.2, 0.25) is 0 Å². The fraction of sp³-hybridized carbons (Fsp3) is 0.379. The number of amidine groups is 1. The Bertz CT molecular complexity index is 1360. The van der Waals surface area contributed by atoms with Gasteiger partial charge in [-0.3, -0.25) is 4.79 Å². The van der Waals surface area contributed by atoms with Crippen LogP contribution in [0, 0.1) is 11.7 Å². The number of halogens is 1.